The molecule has 0 unspecified atom stereocenters. The Kier molecular flexibility index (Phi) is 6.38. The Labute approximate surface area is 226 Å². The molecule has 9 heteroatoms. The second kappa shape index (κ2) is 8.94. The molecule has 3 aliphatic rings. The fourth-order valence-corrected chi connectivity index (χ4v) is 6.88. The van der Waals surface area contributed by atoms with Gasteiger partial charge in [0.1, 0.15) is 11.2 Å². The van der Waals surface area contributed by atoms with Gasteiger partial charge in [-0.05, 0) is 67.0 Å². The number of hydrogen-bond donors (Lipinski definition) is 4. The zero-order valence-corrected chi connectivity index (χ0v) is 22.8. The predicted molar refractivity (Wildman–Crippen MR) is 142 cm³/mol. The molecule has 5 rings (SSSR count). The Balaban J connectivity index is 1.67. The SMILES string of the molecule is CC(C)(C)C[C@H]1N[C@@H](C(=O)N[C@H]2C[C@](C)(O)C2)[C@H](c2ccc(F)c(Cl)c2)[C@@]12C(=O)Nc1cc(Cl)ccc12. The molecule has 2 aliphatic heterocycles. The molecule has 2 aromatic carbocycles. The summed E-state index contributed by atoms with van der Waals surface area (Å²) in [4.78, 5) is 27.9. The van der Waals surface area contributed by atoms with E-state index >= 15 is 0 Å². The highest BCUT2D eigenvalue weighted by Gasteiger charge is 2.66. The second-order valence-corrected chi connectivity index (χ2v) is 13.1. The minimum absolute atomic E-state index is 0.0733. The average molecular weight is 548 g/mol. The van der Waals surface area contributed by atoms with Crippen LogP contribution in [-0.4, -0.2) is 40.6 Å². The fraction of sp³-hybridized carbons (Fsp3) is 0.500. The summed E-state index contributed by atoms with van der Waals surface area (Å²) in [5.41, 5.74) is -0.202. The van der Waals surface area contributed by atoms with Crippen LogP contribution in [0.25, 0.3) is 0 Å². The van der Waals surface area contributed by atoms with Gasteiger partial charge in [-0.15, -0.1) is 0 Å². The van der Waals surface area contributed by atoms with E-state index < -0.39 is 34.8 Å². The molecular formula is C28H32Cl2FN3O3. The normalized spacial score (nSPS) is 32.7. The molecule has 1 aliphatic carbocycles. The zero-order chi connectivity index (χ0) is 26.9. The van der Waals surface area contributed by atoms with Crippen LogP contribution in [0.2, 0.25) is 10.0 Å². The first kappa shape index (κ1) is 26.4. The van der Waals surface area contributed by atoms with Crippen LogP contribution in [0.4, 0.5) is 10.1 Å². The minimum atomic E-state index is -1.17. The van der Waals surface area contributed by atoms with Gasteiger partial charge >= 0.3 is 0 Å². The summed E-state index contributed by atoms with van der Waals surface area (Å²) < 4.78 is 14.2. The smallest absolute Gasteiger partial charge is 0.238 e. The second-order valence-electron chi connectivity index (χ2n) is 12.2. The lowest BCUT2D eigenvalue weighted by Gasteiger charge is -2.42. The van der Waals surface area contributed by atoms with Crippen molar-refractivity contribution in [2.24, 2.45) is 5.41 Å². The molecule has 0 aromatic heterocycles. The third-order valence-electron chi connectivity index (χ3n) is 7.93. The van der Waals surface area contributed by atoms with Crippen LogP contribution in [0.5, 0.6) is 0 Å². The molecule has 0 bridgehead atoms. The van der Waals surface area contributed by atoms with Crippen molar-refractivity contribution in [2.45, 2.75) is 82.0 Å². The summed E-state index contributed by atoms with van der Waals surface area (Å²) >= 11 is 12.5. The van der Waals surface area contributed by atoms with Gasteiger partial charge < -0.3 is 21.1 Å². The van der Waals surface area contributed by atoms with Crippen LogP contribution in [-0.2, 0) is 15.0 Å². The first-order valence-corrected chi connectivity index (χ1v) is 13.3. The maximum Gasteiger partial charge on any atom is 0.238 e. The van der Waals surface area contributed by atoms with Gasteiger partial charge in [-0.1, -0.05) is 56.1 Å². The third kappa shape index (κ3) is 4.54. The summed E-state index contributed by atoms with van der Waals surface area (Å²) in [5, 5.41) is 20.2. The van der Waals surface area contributed by atoms with Crippen molar-refractivity contribution >= 4 is 40.7 Å². The molecule has 2 aromatic rings. The molecule has 2 fully saturated rings. The maximum atomic E-state index is 14.2. The van der Waals surface area contributed by atoms with Gasteiger partial charge in [0.25, 0.3) is 0 Å². The Bertz CT molecular complexity index is 1270. The molecule has 4 N–H and O–H groups in total. The van der Waals surface area contributed by atoms with Crippen molar-refractivity contribution in [1.82, 2.24) is 10.6 Å². The summed E-state index contributed by atoms with van der Waals surface area (Å²) in [5.74, 6) is -1.76. The van der Waals surface area contributed by atoms with Gasteiger partial charge in [0.2, 0.25) is 11.8 Å². The van der Waals surface area contributed by atoms with Crippen LogP contribution in [0, 0.1) is 11.2 Å². The summed E-state index contributed by atoms with van der Waals surface area (Å²) in [7, 11) is 0. The minimum Gasteiger partial charge on any atom is -0.390 e. The van der Waals surface area contributed by atoms with Crippen LogP contribution in [0.1, 0.15) is 64.0 Å². The molecule has 6 nitrogen and oxygen atoms in total. The number of carbonyl (C=O) groups is 2. The van der Waals surface area contributed by atoms with E-state index in [0.717, 1.165) is 5.56 Å². The highest BCUT2D eigenvalue weighted by atomic mass is 35.5. The van der Waals surface area contributed by atoms with E-state index in [1.54, 1.807) is 25.1 Å². The zero-order valence-electron chi connectivity index (χ0n) is 21.3. The van der Waals surface area contributed by atoms with E-state index in [0.29, 0.717) is 35.5 Å². The highest BCUT2D eigenvalue weighted by molar-refractivity contribution is 6.31. The van der Waals surface area contributed by atoms with E-state index in [-0.39, 0.29) is 28.3 Å². The van der Waals surface area contributed by atoms with E-state index in [1.165, 1.54) is 12.1 Å². The number of halogens is 3. The van der Waals surface area contributed by atoms with Crippen LogP contribution < -0.4 is 16.0 Å². The monoisotopic (exact) mass is 547 g/mol. The quantitative estimate of drug-likeness (QED) is 0.437. The summed E-state index contributed by atoms with van der Waals surface area (Å²) in [6.07, 6.45) is 1.50. The number of anilines is 1. The number of carbonyl (C=O) groups excluding carboxylic acids is 2. The fourth-order valence-electron chi connectivity index (χ4n) is 6.52. The Morgan fingerprint density at radius 2 is 1.89 bits per heavy atom. The molecule has 1 spiro atoms. The first-order valence-electron chi connectivity index (χ1n) is 12.6. The highest BCUT2D eigenvalue weighted by Crippen LogP contribution is 2.57. The van der Waals surface area contributed by atoms with Crippen molar-refractivity contribution in [3.8, 4) is 0 Å². The van der Waals surface area contributed by atoms with Gasteiger partial charge in [-0.25, -0.2) is 4.39 Å². The lowest BCUT2D eigenvalue weighted by molar-refractivity contribution is -0.127. The van der Waals surface area contributed by atoms with Crippen molar-refractivity contribution < 1.29 is 19.1 Å². The molecule has 198 valence electrons. The van der Waals surface area contributed by atoms with Crippen LogP contribution >= 0.6 is 23.2 Å². The van der Waals surface area contributed by atoms with Crippen LogP contribution in [0.3, 0.4) is 0 Å². The topological polar surface area (TPSA) is 90.5 Å². The molecule has 1 saturated heterocycles. The van der Waals surface area contributed by atoms with E-state index in [2.05, 4.69) is 36.7 Å². The molecule has 4 atom stereocenters. The van der Waals surface area contributed by atoms with Crippen molar-refractivity contribution in [1.29, 1.82) is 0 Å². The molecule has 2 heterocycles. The molecule has 37 heavy (non-hydrogen) atoms. The molecule has 1 saturated carbocycles. The average Bonchev–Trinajstić information content (AvgIpc) is 3.23. The van der Waals surface area contributed by atoms with Gasteiger partial charge in [-0.2, -0.15) is 0 Å². The number of aliphatic hydroxyl groups is 1. The summed E-state index contributed by atoms with van der Waals surface area (Å²) in [6.45, 7) is 8.01. The van der Waals surface area contributed by atoms with E-state index in [9.17, 15) is 19.1 Å². The van der Waals surface area contributed by atoms with Gasteiger partial charge in [0.05, 0.1) is 16.7 Å². The maximum absolute atomic E-state index is 14.2. The largest absolute Gasteiger partial charge is 0.390 e. The number of nitrogens with one attached hydrogen (secondary N) is 3. The molecule has 2 amide bonds. The number of amides is 2. The molecular weight excluding hydrogens is 516 g/mol. The van der Waals surface area contributed by atoms with Crippen molar-refractivity contribution in [3.05, 3.63) is 63.4 Å². The van der Waals surface area contributed by atoms with Gasteiger partial charge in [0, 0.05) is 28.7 Å². The van der Waals surface area contributed by atoms with E-state index in [1.807, 2.05) is 6.07 Å². The van der Waals surface area contributed by atoms with Gasteiger partial charge in [0.15, 0.2) is 0 Å². The van der Waals surface area contributed by atoms with Crippen LogP contribution in [0.15, 0.2) is 36.4 Å². The lowest BCUT2D eigenvalue weighted by Crippen LogP contribution is -2.57. The Morgan fingerprint density at radius 3 is 2.51 bits per heavy atom. The first-order chi connectivity index (χ1) is 17.2. The van der Waals surface area contributed by atoms with Gasteiger partial charge in [-0.3, -0.25) is 9.59 Å². The number of benzene rings is 2. The van der Waals surface area contributed by atoms with E-state index in [4.69, 9.17) is 23.2 Å². The molecule has 0 radical (unpaired) electrons. The van der Waals surface area contributed by atoms with Crippen molar-refractivity contribution in [3.63, 3.8) is 0 Å². The number of hydrogen-bond acceptors (Lipinski definition) is 4. The summed E-state index contributed by atoms with van der Waals surface area (Å²) in [6, 6.07) is 8.32. The number of rotatable bonds is 4. The number of fused-ring (bicyclic) bond motifs is 2. The lowest BCUT2D eigenvalue weighted by atomic mass is 9.62. The Hall–Kier alpha value is -2.19. The Morgan fingerprint density at radius 1 is 1.19 bits per heavy atom. The standard InChI is InChI=1S/C28H32Cl2FN3O3/c1-26(2,3)13-21-28(17-7-6-15(29)10-20(17)33-25(28)36)22(14-5-8-19(31)18(30)9-14)23(34-21)24(35)32-16-11-27(4,37)12-16/h5-10,16,21-23,34,37H,11-13H2,1-4H3,(H,32,35)(H,33,36)/t16-,21-,22+,23-,27-,28+/m1/s1. The predicted octanol–water partition coefficient (Wildman–Crippen LogP) is 4.91. The third-order valence-corrected chi connectivity index (χ3v) is 8.45. The van der Waals surface area contributed by atoms with Crippen molar-refractivity contribution in [2.75, 3.05) is 5.32 Å².